The van der Waals surface area contributed by atoms with Crippen LogP contribution in [0.4, 0.5) is 10.1 Å². The largest absolute Gasteiger partial charge is 0.488 e. The summed E-state index contributed by atoms with van der Waals surface area (Å²) in [6.07, 6.45) is 3.23. The van der Waals surface area contributed by atoms with Crippen molar-refractivity contribution in [3.8, 4) is 5.75 Å². The molecule has 9 heteroatoms. The highest BCUT2D eigenvalue weighted by molar-refractivity contribution is 7.07. The third-order valence-corrected chi connectivity index (χ3v) is 8.80. The zero-order chi connectivity index (χ0) is 29.5. The Balaban J connectivity index is 1.38. The van der Waals surface area contributed by atoms with Crippen molar-refractivity contribution in [1.29, 1.82) is 0 Å². The lowest BCUT2D eigenvalue weighted by atomic mass is 9.83. The molecule has 7 nitrogen and oxygen atoms in total. The van der Waals surface area contributed by atoms with Crippen molar-refractivity contribution in [2.45, 2.75) is 25.5 Å². The molecule has 1 aliphatic heterocycles. The van der Waals surface area contributed by atoms with Gasteiger partial charge in [0.25, 0.3) is 11.2 Å². The Morgan fingerprint density at radius 2 is 1.79 bits per heavy atom. The summed E-state index contributed by atoms with van der Waals surface area (Å²) in [7, 11) is 0. The van der Waals surface area contributed by atoms with E-state index in [9.17, 15) is 19.3 Å². The molecular weight excluding hydrogens is 565 g/mol. The van der Waals surface area contributed by atoms with Crippen LogP contribution in [0.3, 0.4) is 0 Å². The molecule has 1 atom stereocenters. The van der Waals surface area contributed by atoms with E-state index in [1.54, 1.807) is 47.0 Å². The molecular formula is C34H24FN3O4S. The maximum atomic E-state index is 14.2. The molecule has 1 aromatic heterocycles. The molecule has 212 valence electrons. The first-order chi connectivity index (χ1) is 21.0. The fraction of sp³-hybridized carbons (Fsp3) is 0.118. The van der Waals surface area contributed by atoms with Gasteiger partial charge in [0.05, 0.1) is 21.2 Å². The van der Waals surface area contributed by atoms with E-state index < -0.39 is 11.0 Å². The molecule has 4 aromatic carbocycles. The minimum absolute atomic E-state index is 0.0316. The van der Waals surface area contributed by atoms with Crippen molar-refractivity contribution in [3.63, 3.8) is 0 Å². The number of benzene rings is 4. The van der Waals surface area contributed by atoms with Crippen molar-refractivity contribution >= 4 is 28.8 Å². The number of fused-ring (bicyclic) bond motifs is 3. The Morgan fingerprint density at radius 3 is 2.65 bits per heavy atom. The lowest BCUT2D eigenvalue weighted by Gasteiger charge is -2.30. The number of allylic oxidation sites excluding steroid dienone is 1. The number of halogens is 1. The Morgan fingerprint density at radius 1 is 1.00 bits per heavy atom. The predicted molar refractivity (Wildman–Crippen MR) is 163 cm³/mol. The van der Waals surface area contributed by atoms with Crippen LogP contribution in [-0.2, 0) is 13.0 Å². The summed E-state index contributed by atoms with van der Waals surface area (Å²) in [6, 6.07) is 27.8. The Hall–Kier alpha value is -5.15. The first-order valence-corrected chi connectivity index (χ1v) is 14.6. The molecule has 0 fully saturated rings. The smallest absolute Gasteiger partial charge is 0.271 e. The average Bonchev–Trinajstić information content (AvgIpc) is 3.34. The molecule has 0 saturated carbocycles. The number of nitrogens with zero attached hydrogens (tertiary/aromatic N) is 3. The van der Waals surface area contributed by atoms with E-state index in [0.29, 0.717) is 38.2 Å². The molecule has 2 heterocycles. The van der Waals surface area contributed by atoms with Crippen molar-refractivity contribution in [2.75, 3.05) is 0 Å². The molecule has 43 heavy (non-hydrogen) atoms. The maximum absolute atomic E-state index is 14.2. The molecule has 0 amide bonds. The fourth-order valence-corrected chi connectivity index (χ4v) is 6.77. The fourth-order valence-electron chi connectivity index (χ4n) is 5.77. The van der Waals surface area contributed by atoms with Crippen LogP contribution in [0.2, 0.25) is 0 Å². The molecule has 0 N–H and O–H groups in total. The SMILES string of the molecule is O=c1/c(=C\c2ccccc2OCc2ccccc2F)sc2n1[C@H](c1cccc([N+](=O)[O-])c1)C1=C(N=2)c2ccccc2CC1. The number of hydrogen-bond acceptors (Lipinski definition) is 6. The first-order valence-electron chi connectivity index (χ1n) is 13.8. The van der Waals surface area contributed by atoms with Crippen LogP contribution >= 0.6 is 11.3 Å². The summed E-state index contributed by atoms with van der Waals surface area (Å²) in [5, 5.41) is 11.7. The number of para-hydroxylation sites is 1. The van der Waals surface area contributed by atoms with Gasteiger partial charge in [0.1, 0.15) is 18.2 Å². The zero-order valence-corrected chi connectivity index (χ0v) is 23.6. The molecule has 2 aliphatic rings. The highest BCUT2D eigenvalue weighted by Gasteiger charge is 2.33. The minimum atomic E-state index is -0.533. The highest BCUT2D eigenvalue weighted by Crippen LogP contribution is 2.41. The second kappa shape index (κ2) is 10.9. The van der Waals surface area contributed by atoms with Crippen molar-refractivity contribution in [2.24, 2.45) is 4.99 Å². The van der Waals surface area contributed by atoms with Crippen LogP contribution < -0.4 is 19.6 Å². The van der Waals surface area contributed by atoms with Gasteiger partial charge < -0.3 is 4.74 Å². The summed E-state index contributed by atoms with van der Waals surface area (Å²) >= 11 is 1.27. The van der Waals surface area contributed by atoms with Crippen LogP contribution in [0.15, 0.2) is 112 Å². The van der Waals surface area contributed by atoms with E-state index in [0.717, 1.165) is 23.3 Å². The predicted octanol–water partition coefficient (Wildman–Crippen LogP) is 5.95. The van der Waals surface area contributed by atoms with Crippen molar-refractivity contribution in [1.82, 2.24) is 4.57 Å². The molecule has 0 spiro atoms. The van der Waals surface area contributed by atoms with Gasteiger partial charge in [-0.05, 0) is 47.8 Å². The zero-order valence-electron chi connectivity index (χ0n) is 22.8. The number of thiazole rings is 1. The van der Waals surface area contributed by atoms with Gasteiger partial charge in [0.15, 0.2) is 4.80 Å². The van der Waals surface area contributed by atoms with Crippen LogP contribution in [0.1, 0.15) is 40.3 Å². The third-order valence-electron chi connectivity index (χ3n) is 7.82. The second-order valence-corrected chi connectivity index (χ2v) is 11.4. The summed E-state index contributed by atoms with van der Waals surface area (Å²) in [5.74, 6) is 0.167. The summed E-state index contributed by atoms with van der Waals surface area (Å²) < 4.78 is 22.3. The third kappa shape index (κ3) is 4.87. The van der Waals surface area contributed by atoms with E-state index >= 15 is 0 Å². The molecule has 7 rings (SSSR count). The quantitative estimate of drug-likeness (QED) is 0.181. The normalized spacial score (nSPS) is 15.7. The summed E-state index contributed by atoms with van der Waals surface area (Å²) in [4.78, 5) is 30.9. The van der Waals surface area contributed by atoms with Gasteiger partial charge in [0, 0.05) is 28.8 Å². The lowest BCUT2D eigenvalue weighted by Crippen LogP contribution is -2.38. The summed E-state index contributed by atoms with van der Waals surface area (Å²) in [6.45, 7) is 0.0394. The van der Waals surface area contributed by atoms with Gasteiger partial charge in [-0.1, -0.05) is 84.1 Å². The molecule has 0 bridgehead atoms. The highest BCUT2D eigenvalue weighted by atomic mass is 32.1. The van der Waals surface area contributed by atoms with Gasteiger partial charge in [-0.15, -0.1) is 0 Å². The van der Waals surface area contributed by atoms with Gasteiger partial charge >= 0.3 is 0 Å². The van der Waals surface area contributed by atoms with Crippen LogP contribution in [-0.4, -0.2) is 9.49 Å². The van der Waals surface area contributed by atoms with Gasteiger partial charge in [-0.2, -0.15) is 0 Å². The van der Waals surface area contributed by atoms with Gasteiger partial charge in [-0.25, -0.2) is 9.38 Å². The topological polar surface area (TPSA) is 86.7 Å². The number of rotatable bonds is 6. The Kier molecular flexibility index (Phi) is 6.79. The van der Waals surface area contributed by atoms with E-state index in [1.165, 1.54) is 29.0 Å². The van der Waals surface area contributed by atoms with Crippen LogP contribution in [0, 0.1) is 15.9 Å². The van der Waals surface area contributed by atoms with E-state index in [2.05, 4.69) is 6.07 Å². The van der Waals surface area contributed by atoms with Crippen molar-refractivity contribution in [3.05, 3.63) is 166 Å². The number of hydrogen-bond donors (Lipinski definition) is 0. The standard InChI is InChI=1S/C34H24FN3O4S/c35-28-14-5-2-10-24(28)20-42-29-15-6-3-9-22(29)19-30-33(39)37-32(23-11-7-12-25(18-23)38(40)41)27-17-16-21-8-1-4-13-26(21)31(27)36-34(37)43-30/h1-15,18-19,32H,16-17,20H2/b30-19+/t32-/m1/s1. The molecule has 0 unspecified atom stereocenters. The van der Waals surface area contributed by atoms with Crippen LogP contribution in [0.25, 0.3) is 11.8 Å². The summed E-state index contributed by atoms with van der Waals surface area (Å²) in [5.41, 5.74) is 5.48. The second-order valence-electron chi connectivity index (χ2n) is 10.4. The monoisotopic (exact) mass is 589 g/mol. The van der Waals surface area contributed by atoms with Gasteiger partial charge in [0.2, 0.25) is 0 Å². The number of non-ortho nitro benzene ring substituents is 1. The molecule has 1 aliphatic carbocycles. The maximum Gasteiger partial charge on any atom is 0.271 e. The number of aryl methyl sites for hydroxylation is 1. The number of nitro groups is 1. The number of ether oxygens (including phenoxy) is 1. The average molecular weight is 590 g/mol. The Labute approximate surface area is 249 Å². The van der Waals surface area contributed by atoms with E-state index in [1.807, 2.05) is 42.5 Å². The number of nitro benzene ring substituents is 1. The van der Waals surface area contributed by atoms with Crippen LogP contribution in [0.5, 0.6) is 5.75 Å². The lowest BCUT2D eigenvalue weighted by molar-refractivity contribution is -0.384. The van der Waals surface area contributed by atoms with E-state index in [4.69, 9.17) is 9.73 Å². The van der Waals surface area contributed by atoms with Gasteiger partial charge in [-0.3, -0.25) is 19.5 Å². The number of aromatic nitrogens is 1. The molecule has 0 radical (unpaired) electrons. The Bertz CT molecular complexity index is 2130. The molecule has 0 saturated heterocycles. The first kappa shape index (κ1) is 26.7. The molecule has 5 aromatic rings. The van der Waals surface area contributed by atoms with Crippen molar-refractivity contribution < 1.29 is 14.1 Å². The van der Waals surface area contributed by atoms with E-state index in [-0.39, 0.29) is 23.7 Å². The minimum Gasteiger partial charge on any atom is -0.488 e.